The van der Waals surface area contributed by atoms with Crippen molar-refractivity contribution in [3.05, 3.63) is 0 Å². The summed E-state index contributed by atoms with van der Waals surface area (Å²) in [6.07, 6.45) is 5.14. The molecule has 1 amide bonds. The van der Waals surface area contributed by atoms with Gasteiger partial charge in [-0.3, -0.25) is 9.69 Å². The zero-order valence-corrected chi connectivity index (χ0v) is 9.98. The van der Waals surface area contributed by atoms with Gasteiger partial charge in [0.1, 0.15) is 0 Å². The normalized spacial score (nSPS) is 32.9. The van der Waals surface area contributed by atoms with Crippen molar-refractivity contribution >= 4 is 5.91 Å². The van der Waals surface area contributed by atoms with Crippen molar-refractivity contribution in [3.63, 3.8) is 0 Å². The fraction of sp³-hybridized carbons (Fsp3) is 0.917. The van der Waals surface area contributed by atoms with E-state index >= 15 is 0 Å². The Morgan fingerprint density at radius 3 is 2.44 bits per heavy atom. The zero-order chi connectivity index (χ0) is 11.5. The van der Waals surface area contributed by atoms with Gasteiger partial charge in [-0.2, -0.15) is 0 Å². The molecule has 92 valence electrons. The molecule has 1 saturated heterocycles. The number of aliphatic hydroxyl groups is 1. The maximum Gasteiger partial charge on any atom is 0.217 e. The first-order valence-corrected chi connectivity index (χ1v) is 6.36. The summed E-state index contributed by atoms with van der Waals surface area (Å²) in [5, 5.41) is 12.8. The van der Waals surface area contributed by atoms with E-state index in [9.17, 15) is 9.90 Å². The van der Waals surface area contributed by atoms with Gasteiger partial charge in [-0.25, -0.2) is 0 Å². The molecule has 1 heterocycles. The maximum atomic E-state index is 10.9. The second-order valence-electron chi connectivity index (χ2n) is 5.08. The minimum Gasteiger partial charge on any atom is -0.391 e. The van der Waals surface area contributed by atoms with Crippen LogP contribution >= 0.6 is 0 Å². The van der Waals surface area contributed by atoms with Gasteiger partial charge >= 0.3 is 0 Å². The molecule has 4 heteroatoms. The Balaban J connectivity index is 1.78. The molecule has 0 bridgehead atoms. The molecule has 1 aliphatic carbocycles. The first kappa shape index (κ1) is 11.9. The Hall–Kier alpha value is -0.610. The van der Waals surface area contributed by atoms with Crippen molar-refractivity contribution in [2.24, 2.45) is 0 Å². The number of rotatable bonds is 2. The molecule has 2 rings (SSSR count). The number of hydrogen-bond acceptors (Lipinski definition) is 3. The Bertz CT molecular complexity index is 249. The van der Waals surface area contributed by atoms with E-state index in [1.807, 2.05) is 0 Å². The third-order valence-corrected chi connectivity index (χ3v) is 3.85. The fourth-order valence-corrected chi connectivity index (χ4v) is 3.01. The smallest absolute Gasteiger partial charge is 0.217 e. The quantitative estimate of drug-likeness (QED) is 0.721. The number of nitrogens with one attached hydrogen (secondary N) is 1. The van der Waals surface area contributed by atoms with Gasteiger partial charge in [-0.05, 0) is 32.1 Å². The average Bonchev–Trinajstić information content (AvgIpc) is 2.65. The highest BCUT2D eigenvalue weighted by Gasteiger charge is 2.32. The van der Waals surface area contributed by atoms with E-state index in [2.05, 4.69) is 10.2 Å². The van der Waals surface area contributed by atoms with Gasteiger partial charge in [-0.1, -0.05) is 0 Å². The number of likely N-dealkylation sites (tertiary alicyclic amines) is 1. The van der Waals surface area contributed by atoms with Crippen LogP contribution in [0.1, 0.15) is 39.0 Å². The van der Waals surface area contributed by atoms with Crippen LogP contribution < -0.4 is 5.32 Å². The lowest BCUT2D eigenvalue weighted by molar-refractivity contribution is -0.120. The Morgan fingerprint density at radius 2 is 1.94 bits per heavy atom. The highest BCUT2D eigenvalue weighted by molar-refractivity contribution is 5.73. The Morgan fingerprint density at radius 1 is 1.25 bits per heavy atom. The number of carbonyl (C=O) groups is 1. The molecule has 0 spiro atoms. The van der Waals surface area contributed by atoms with Gasteiger partial charge in [0.15, 0.2) is 0 Å². The highest BCUT2D eigenvalue weighted by Crippen LogP contribution is 2.26. The molecule has 2 fully saturated rings. The van der Waals surface area contributed by atoms with E-state index in [0.717, 1.165) is 45.2 Å². The van der Waals surface area contributed by atoms with Crippen LogP contribution in [0.15, 0.2) is 0 Å². The molecule has 2 atom stereocenters. The molecule has 2 aliphatic rings. The van der Waals surface area contributed by atoms with E-state index in [1.54, 1.807) is 6.92 Å². The van der Waals surface area contributed by atoms with E-state index < -0.39 is 0 Å². The molecule has 1 aliphatic heterocycles. The summed E-state index contributed by atoms with van der Waals surface area (Å²) in [6.45, 7) is 3.59. The molecule has 0 aromatic rings. The van der Waals surface area contributed by atoms with Crippen molar-refractivity contribution in [1.82, 2.24) is 10.2 Å². The van der Waals surface area contributed by atoms with Crippen molar-refractivity contribution in [3.8, 4) is 0 Å². The van der Waals surface area contributed by atoms with Crippen LogP contribution in [-0.2, 0) is 4.79 Å². The van der Waals surface area contributed by atoms with Crippen LogP contribution in [-0.4, -0.2) is 47.2 Å². The number of hydrogen-bond donors (Lipinski definition) is 2. The van der Waals surface area contributed by atoms with Crippen molar-refractivity contribution in [2.45, 2.75) is 57.2 Å². The molecule has 0 aromatic heterocycles. The SMILES string of the molecule is CC(=O)NC1CCN([C@H]2CCC[C@@H]2O)CC1. The monoisotopic (exact) mass is 226 g/mol. The first-order valence-electron chi connectivity index (χ1n) is 6.36. The third kappa shape index (κ3) is 2.74. The predicted molar refractivity (Wildman–Crippen MR) is 62.1 cm³/mol. The van der Waals surface area contributed by atoms with Gasteiger partial charge in [-0.15, -0.1) is 0 Å². The average molecular weight is 226 g/mol. The summed E-state index contributed by atoms with van der Waals surface area (Å²) < 4.78 is 0. The summed E-state index contributed by atoms with van der Waals surface area (Å²) in [6, 6.07) is 0.713. The van der Waals surface area contributed by atoms with Crippen LogP contribution in [0.3, 0.4) is 0 Å². The molecule has 0 aromatic carbocycles. The molecule has 4 nitrogen and oxygen atoms in total. The van der Waals surface area contributed by atoms with Crippen LogP contribution in [0.25, 0.3) is 0 Å². The number of nitrogens with zero attached hydrogens (tertiary/aromatic N) is 1. The van der Waals surface area contributed by atoms with Crippen molar-refractivity contribution in [1.29, 1.82) is 0 Å². The summed E-state index contributed by atoms with van der Waals surface area (Å²) in [4.78, 5) is 13.3. The number of piperidine rings is 1. The first-order chi connectivity index (χ1) is 7.66. The molecule has 2 N–H and O–H groups in total. The summed E-state index contributed by atoms with van der Waals surface area (Å²) >= 11 is 0. The lowest BCUT2D eigenvalue weighted by Gasteiger charge is -2.37. The van der Waals surface area contributed by atoms with Gasteiger partial charge in [0.25, 0.3) is 0 Å². The molecule has 0 radical (unpaired) electrons. The van der Waals surface area contributed by atoms with E-state index in [1.165, 1.54) is 0 Å². The Kier molecular flexibility index (Phi) is 3.82. The van der Waals surface area contributed by atoms with Gasteiger partial charge in [0.05, 0.1) is 6.10 Å². The second-order valence-corrected chi connectivity index (χ2v) is 5.08. The summed E-state index contributed by atoms with van der Waals surface area (Å²) in [5.74, 6) is 0.0688. The van der Waals surface area contributed by atoms with E-state index in [-0.39, 0.29) is 12.0 Å². The summed E-state index contributed by atoms with van der Waals surface area (Å²) in [5.41, 5.74) is 0. The molecule has 16 heavy (non-hydrogen) atoms. The van der Waals surface area contributed by atoms with Gasteiger partial charge < -0.3 is 10.4 Å². The zero-order valence-electron chi connectivity index (χ0n) is 9.98. The highest BCUT2D eigenvalue weighted by atomic mass is 16.3. The van der Waals surface area contributed by atoms with Crippen molar-refractivity contribution in [2.75, 3.05) is 13.1 Å². The molecule has 1 saturated carbocycles. The van der Waals surface area contributed by atoms with Crippen LogP contribution in [0, 0.1) is 0 Å². The van der Waals surface area contributed by atoms with E-state index in [4.69, 9.17) is 0 Å². The lowest BCUT2D eigenvalue weighted by Crippen LogP contribution is -2.49. The molecular weight excluding hydrogens is 204 g/mol. The fourth-order valence-electron chi connectivity index (χ4n) is 3.01. The predicted octanol–water partition coefficient (Wildman–Crippen LogP) is 0.500. The topological polar surface area (TPSA) is 52.6 Å². The third-order valence-electron chi connectivity index (χ3n) is 3.85. The molecule has 0 unspecified atom stereocenters. The second kappa shape index (κ2) is 5.15. The van der Waals surface area contributed by atoms with Crippen LogP contribution in [0.5, 0.6) is 0 Å². The summed E-state index contributed by atoms with van der Waals surface area (Å²) in [7, 11) is 0. The standard InChI is InChI=1S/C12H22N2O2/c1-9(15)13-10-5-7-14(8-6-10)11-3-2-4-12(11)16/h10-12,16H,2-8H2,1H3,(H,13,15)/t11-,12-/m0/s1. The number of amides is 1. The number of carbonyl (C=O) groups excluding carboxylic acids is 1. The minimum atomic E-state index is -0.127. The van der Waals surface area contributed by atoms with Crippen LogP contribution in [0.4, 0.5) is 0 Å². The van der Waals surface area contributed by atoms with Crippen molar-refractivity contribution < 1.29 is 9.90 Å². The van der Waals surface area contributed by atoms with Crippen LogP contribution in [0.2, 0.25) is 0 Å². The van der Waals surface area contributed by atoms with Gasteiger partial charge in [0.2, 0.25) is 5.91 Å². The van der Waals surface area contributed by atoms with Gasteiger partial charge in [0, 0.05) is 32.1 Å². The Labute approximate surface area is 97.0 Å². The maximum absolute atomic E-state index is 10.9. The number of aliphatic hydroxyl groups excluding tert-OH is 1. The largest absolute Gasteiger partial charge is 0.391 e. The van der Waals surface area contributed by atoms with E-state index in [0.29, 0.717) is 12.1 Å². The lowest BCUT2D eigenvalue weighted by atomic mass is 10.0. The minimum absolute atomic E-state index is 0.0688. The molecular formula is C12H22N2O2.